The second-order valence-electron chi connectivity index (χ2n) is 9.23. The molecule has 3 unspecified atom stereocenters. The molecule has 7 nitrogen and oxygen atoms in total. The molecule has 3 aromatic rings. The van der Waals surface area contributed by atoms with Gasteiger partial charge in [0.2, 0.25) is 5.89 Å². The molecular formula is C25H29N3O4. The Bertz CT molecular complexity index is 1070. The number of benzene rings is 2. The first-order valence-electron chi connectivity index (χ1n) is 11.3. The highest BCUT2D eigenvalue weighted by molar-refractivity contribution is 5.94. The van der Waals surface area contributed by atoms with E-state index in [1.54, 1.807) is 4.90 Å². The van der Waals surface area contributed by atoms with Gasteiger partial charge in [-0.05, 0) is 68.5 Å². The predicted molar refractivity (Wildman–Crippen MR) is 121 cm³/mol. The van der Waals surface area contributed by atoms with Crippen molar-refractivity contribution in [3.05, 3.63) is 54.1 Å². The molecule has 1 heterocycles. The number of para-hydroxylation sites is 2. The lowest BCUT2D eigenvalue weighted by Gasteiger charge is -2.27. The third-order valence-electron chi connectivity index (χ3n) is 7.04. The summed E-state index contributed by atoms with van der Waals surface area (Å²) >= 11 is 0. The summed E-state index contributed by atoms with van der Waals surface area (Å²) in [6.07, 6.45) is 3.61. The van der Waals surface area contributed by atoms with Crippen LogP contribution in [0.25, 0.3) is 22.6 Å². The Kier molecular flexibility index (Phi) is 5.49. The van der Waals surface area contributed by atoms with Crippen molar-refractivity contribution >= 4 is 17.0 Å². The van der Waals surface area contributed by atoms with Crippen molar-refractivity contribution in [1.82, 2.24) is 15.2 Å². The second kappa shape index (κ2) is 8.31. The summed E-state index contributed by atoms with van der Waals surface area (Å²) in [5.41, 5.74) is 2.69. The minimum absolute atomic E-state index is 0.0313. The summed E-state index contributed by atoms with van der Waals surface area (Å²) in [5, 5.41) is 23.2. The molecule has 3 atom stereocenters. The van der Waals surface area contributed by atoms with Crippen LogP contribution < -0.4 is 5.32 Å². The molecule has 7 heteroatoms. The maximum Gasteiger partial charge on any atom is 0.253 e. The van der Waals surface area contributed by atoms with Gasteiger partial charge < -0.3 is 19.5 Å². The fourth-order valence-corrected chi connectivity index (χ4v) is 4.68. The zero-order valence-corrected chi connectivity index (χ0v) is 18.2. The number of carbonyl (C=O) groups is 1. The summed E-state index contributed by atoms with van der Waals surface area (Å²) in [7, 11) is 1.83. The largest absolute Gasteiger partial charge is 0.436 e. The number of aromatic nitrogens is 1. The van der Waals surface area contributed by atoms with Crippen molar-refractivity contribution in [1.29, 1.82) is 0 Å². The normalized spacial score (nSPS) is 22.7. The Balaban J connectivity index is 1.22. The van der Waals surface area contributed by atoms with Gasteiger partial charge in [-0.15, -0.1) is 0 Å². The molecule has 0 aliphatic heterocycles. The van der Waals surface area contributed by atoms with E-state index in [2.05, 4.69) is 10.3 Å². The summed E-state index contributed by atoms with van der Waals surface area (Å²) in [4.78, 5) is 19.4. The number of rotatable bonds is 7. The summed E-state index contributed by atoms with van der Waals surface area (Å²) in [6, 6.07) is 15.1. The molecule has 1 aromatic heterocycles. The van der Waals surface area contributed by atoms with E-state index in [9.17, 15) is 15.0 Å². The Hall–Kier alpha value is -2.74. The fourth-order valence-electron chi connectivity index (χ4n) is 4.68. The standard InChI is InChI=1S/C25H29N3O4/c1-28(19-11-10-18(14-19)22(30)27-25(15-29)12-13-25)24(31)17-8-6-16(7-9-17)23-26-20-4-2-3-5-21(20)32-23/h2-9,18-19,22,27,29-30H,10-15H2,1H3. The van der Waals surface area contributed by atoms with Crippen molar-refractivity contribution in [3.8, 4) is 11.5 Å². The van der Waals surface area contributed by atoms with Gasteiger partial charge in [-0.3, -0.25) is 10.1 Å². The number of nitrogens with one attached hydrogen (secondary N) is 1. The Labute approximate surface area is 187 Å². The number of nitrogens with zero attached hydrogens (tertiary/aromatic N) is 2. The topological polar surface area (TPSA) is 98.8 Å². The van der Waals surface area contributed by atoms with E-state index in [0.717, 1.165) is 48.8 Å². The molecule has 2 aliphatic carbocycles. The zero-order chi connectivity index (χ0) is 22.3. The average molecular weight is 436 g/mol. The summed E-state index contributed by atoms with van der Waals surface area (Å²) in [5.74, 6) is 0.590. The van der Waals surface area contributed by atoms with Gasteiger partial charge in [-0.2, -0.15) is 0 Å². The van der Waals surface area contributed by atoms with E-state index < -0.39 is 6.23 Å². The van der Waals surface area contributed by atoms with Crippen molar-refractivity contribution in [2.45, 2.75) is 49.9 Å². The Morgan fingerprint density at radius 2 is 1.97 bits per heavy atom. The van der Waals surface area contributed by atoms with Crippen molar-refractivity contribution in [2.24, 2.45) is 5.92 Å². The van der Waals surface area contributed by atoms with E-state index in [4.69, 9.17) is 4.42 Å². The van der Waals surface area contributed by atoms with Crippen LogP contribution in [0.15, 0.2) is 52.9 Å². The fraction of sp³-hybridized carbons (Fsp3) is 0.440. The van der Waals surface area contributed by atoms with Crippen LogP contribution in [-0.4, -0.2) is 57.5 Å². The summed E-state index contributed by atoms with van der Waals surface area (Å²) < 4.78 is 5.81. The first kappa shape index (κ1) is 21.1. The number of hydrogen-bond donors (Lipinski definition) is 3. The third-order valence-corrected chi connectivity index (χ3v) is 7.04. The van der Waals surface area contributed by atoms with Gasteiger partial charge in [0, 0.05) is 35.7 Å². The molecule has 3 N–H and O–H groups in total. The van der Waals surface area contributed by atoms with Gasteiger partial charge in [0.25, 0.3) is 5.91 Å². The van der Waals surface area contributed by atoms with Gasteiger partial charge >= 0.3 is 0 Å². The first-order valence-corrected chi connectivity index (χ1v) is 11.3. The third kappa shape index (κ3) is 4.03. The van der Waals surface area contributed by atoms with Crippen LogP contribution in [-0.2, 0) is 0 Å². The molecule has 168 valence electrons. The zero-order valence-electron chi connectivity index (χ0n) is 18.2. The Morgan fingerprint density at radius 1 is 1.22 bits per heavy atom. The highest BCUT2D eigenvalue weighted by Crippen LogP contribution is 2.38. The molecular weight excluding hydrogens is 406 g/mol. The van der Waals surface area contributed by atoms with Crippen molar-refractivity contribution in [3.63, 3.8) is 0 Å². The lowest BCUT2D eigenvalue weighted by molar-refractivity contribution is 0.0447. The van der Waals surface area contributed by atoms with E-state index in [-0.39, 0.29) is 30.0 Å². The van der Waals surface area contributed by atoms with E-state index in [1.807, 2.05) is 55.6 Å². The maximum atomic E-state index is 13.1. The second-order valence-corrected chi connectivity index (χ2v) is 9.23. The van der Waals surface area contributed by atoms with E-state index in [1.165, 1.54) is 0 Å². The molecule has 32 heavy (non-hydrogen) atoms. The molecule has 0 saturated heterocycles. The molecule has 0 radical (unpaired) electrons. The van der Waals surface area contributed by atoms with E-state index >= 15 is 0 Å². The average Bonchev–Trinajstić information content (AvgIpc) is 3.24. The lowest BCUT2D eigenvalue weighted by atomic mass is 10.0. The van der Waals surface area contributed by atoms with Gasteiger partial charge in [0.05, 0.1) is 6.61 Å². The molecule has 2 saturated carbocycles. The van der Waals surface area contributed by atoms with Crippen LogP contribution in [0, 0.1) is 5.92 Å². The lowest BCUT2D eigenvalue weighted by Crippen LogP contribution is -2.46. The van der Waals surface area contributed by atoms with Crippen LogP contribution in [0.2, 0.25) is 0 Å². The SMILES string of the molecule is CN(C(=O)c1ccc(-c2nc3ccccc3o2)cc1)C1CCC(C(O)NC2(CO)CC2)C1. The van der Waals surface area contributed by atoms with Crippen LogP contribution in [0.1, 0.15) is 42.5 Å². The Morgan fingerprint density at radius 3 is 2.66 bits per heavy atom. The van der Waals surface area contributed by atoms with Crippen molar-refractivity contribution < 1.29 is 19.4 Å². The highest BCUT2D eigenvalue weighted by Gasteiger charge is 2.45. The monoisotopic (exact) mass is 435 g/mol. The van der Waals surface area contributed by atoms with Gasteiger partial charge in [-0.1, -0.05) is 12.1 Å². The van der Waals surface area contributed by atoms with Crippen LogP contribution >= 0.6 is 0 Å². The summed E-state index contributed by atoms with van der Waals surface area (Å²) in [6.45, 7) is 0.0537. The number of hydrogen-bond acceptors (Lipinski definition) is 6. The smallest absolute Gasteiger partial charge is 0.253 e. The van der Waals surface area contributed by atoms with Gasteiger partial charge in [-0.25, -0.2) is 4.98 Å². The van der Waals surface area contributed by atoms with Crippen LogP contribution in [0.5, 0.6) is 0 Å². The van der Waals surface area contributed by atoms with Crippen LogP contribution in [0.4, 0.5) is 0 Å². The number of oxazole rings is 1. The first-order chi connectivity index (χ1) is 15.5. The van der Waals surface area contributed by atoms with Crippen LogP contribution in [0.3, 0.4) is 0 Å². The molecule has 2 aliphatic rings. The molecule has 2 aromatic carbocycles. The number of fused-ring (bicyclic) bond motifs is 1. The van der Waals surface area contributed by atoms with Gasteiger partial charge in [0.15, 0.2) is 5.58 Å². The predicted octanol–water partition coefficient (Wildman–Crippen LogP) is 3.17. The molecule has 0 spiro atoms. The molecule has 0 bridgehead atoms. The number of aliphatic hydroxyl groups excluding tert-OH is 2. The van der Waals surface area contributed by atoms with Gasteiger partial charge in [0.1, 0.15) is 11.7 Å². The minimum Gasteiger partial charge on any atom is -0.436 e. The maximum absolute atomic E-state index is 13.1. The number of carbonyl (C=O) groups excluding carboxylic acids is 1. The quantitative estimate of drug-likeness (QED) is 0.493. The van der Waals surface area contributed by atoms with E-state index in [0.29, 0.717) is 11.5 Å². The number of aliphatic hydroxyl groups is 2. The molecule has 5 rings (SSSR count). The molecule has 2 fully saturated rings. The molecule has 1 amide bonds. The number of amides is 1. The minimum atomic E-state index is -0.645. The highest BCUT2D eigenvalue weighted by atomic mass is 16.3. The van der Waals surface area contributed by atoms with Crippen molar-refractivity contribution in [2.75, 3.05) is 13.7 Å².